The van der Waals surface area contributed by atoms with Gasteiger partial charge in [-0.1, -0.05) is 18.5 Å². The van der Waals surface area contributed by atoms with Crippen molar-refractivity contribution < 1.29 is 4.74 Å². The van der Waals surface area contributed by atoms with Crippen LogP contribution in [0.2, 0.25) is 5.15 Å². The molecule has 1 fully saturated rings. The van der Waals surface area contributed by atoms with Crippen molar-refractivity contribution in [2.75, 3.05) is 0 Å². The Hall–Kier alpha value is -1.20. The lowest BCUT2D eigenvalue weighted by Crippen LogP contribution is -2.18. The molecule has 0 aliphatic carbocycles. The standard InChI is InChI=1S/C12H15ClN4O/c1-6-7(2)18-8(3)11(6)12-16-15-10-4-9(13)14-5-17(10)12/h4-8,11H,1-3H3. The van der Waals surface area contributed by atoms with Gasteiger partial charge in [0.05, 0.1) is 18.1 Å². The zero-order valence-corrected chi connectivity index (χ0v) is 11.3. The molecule has 0 aromatic carbocycles. The number of aromatic nitrogens is 4. The summed E-state index contributed by atoms with van der Waals surface area (Å²) in [5, 5.41) is 8.87. The molecule has 1 saturated heterocycles. The van der Waals surface area contributed by atoms with Gasteiger partial charge >= 0.3 is 0 Å². The third-order valence-corrected chi connectivity index (χ3v) is 4.04. The second-order valence-corrected chi connectivity index (χ2v) is 5.32. The molecule has 2 aromatic heterocycles. The van der Waals surface area contributed by atoms with Gasteiger partial charge in [-0.25, -0.2) is 4.98 Å². The molecule has 0 N–H and O–H groups in total. The van der Waals surface area contributed by atoms with E-state index in [4.69, 9.17) is 16.3 Å². The molecule has 0 spiro atoms. The zero-order chi connectivity index (χ0) is 12.9. The zero-order valence-electron chi connectivity index (χ0n) is 10.5. The van der Waals surface area contributed by atoms with Gasteiger partial charge in [0.25, 0.3) is 0 Å². The number of hydrogen-bond donors (Lipinski definition) is 0. The first kappa shape index (κ1) is 11.9. The van der Waals surface area contributed by atoms with Crippen LogP contribution in [0.3, 0.4) is 0 Å². The fraction of sp³-hybridized carbons (Fsp3) is 0.583. The molecule has 0 amide bonds. The van der Waals surface area contributed by atoms with E-state index in [-0.39, 0.29) is 18.1 Å². The molecule has 18 heavy (non-hydrogen) atoms. The summed E-state index contributed by atoms with van der Waals surface area (Å²) in [6.07, 6.45) is 2.05. The van der Waals surface area contributed by atoms with Gasteiger partial charge in [0.2, 0.25) is 0 Å². The van der Waals surface area contributed by atoms with Crippen LogP contribution in [0.15, 0.2) is 12.4 Å². The van der Waals surface area contributed by atoms with Crippen LogP contribution in [-0.4, -0.2) is 31.8 Å². The topological polar surface area (TPSA) is 52.3 Å². The molecule has 4 unspecified atom stereocenters. The first-order chi connectivity index (χ1) is 8.58. The van der Waals surface area contributed by atoms with Crippen molar-refractivity contribution in [3.05, 3.63) is 23.4 Å². The minimum atomic E-state index is 0.137. The Morgan fingerprint density at radius 1 is 1.22 bits per heavy atom. The molecule has 2 aromatic rings. The van der Waals surface area contributed by atoms with Crippen molar-refractivity contribution in [1.29, 1.82) is 0 Å². The Morgan fingerprint density at radius 2 is 2.00 bits per heavy atom. The van der Waals surface area contributed by atoms with Crippen LogP contribution >= 0.6 is 11.6 Å². The highest BCUT2D eigenvalue weighted by molar-refractivity contribution is 6.29. The predicted octanol–water partition coefficient (Wildman–Crippen LogP) is 2.30. The molecule has 96 valence electrons. The molecule has 0 radical (unpaired) electrons. The second-order valence-electron chi connectivity index (χ2n) is 4.93. The number of hydrogen-bond acceptors (Lipinski definition) is 4. The second kappa shape index (κ2) is 4.17. The van der Waals surface area contributed by atoms with E-state index in [1.807, 2.05) is 4.40 Å². The van der Waals surface area contributed by atoms with Crippen molar-refractivity contribution in [3.63, 3.8) is 0 Å². The number of halogens is 1. The van der Waals surface area contributed by atoms with Crippen LogP contribution in [0.4, 0.5) is 0 Å². The molecule has 3 heterocycles. The molecular weight excluding hydrogens is 252 g/mol. The SMILES string of the molecule is CC1OC(C)C(c2nnc3cc(Cl)ncn23)C1C. The van der Waals surface area contributed by atoms with Gasteiger partial charge in [0, 0.05) is 6.07 Å². The van der Waals surface area contributed by atoms with Gasteiger partial charge in [-0.15, -0.1) is 10.2 Å². The van der Waals surface area contributed by atoms with E-state index in [1.54, 1.807) is 12.4 Å². The average Bonchev–Trinajstić information content (AvgIpc) is 2.81. The first-order valence-corrected chi connectivity index (χ1v) is 6.47. The Labute approximate surface area is 110 Å². The molecule has 5 nitrogen and oxygen atoms in total. The van der Waals surface area contributed by atoms with Crippen molar-refractivity contribution in [3.8, 4) is 0 Å². The summed E-state index contributed by atoms with van der Waals surface area (Å²) in [6.45, 7) is 6.36. The fourth-order valence-electron chi connectivity index (χ4n) is 2.73. The van der Waals surface area contributed by atoms with Gasteiger partial charge in [-0.3, -0.25) is 4.40 Å². The first-order valence-electron chi connectivity index (χ1n) is 6.09. The minimum Gasteiger partial charge on any atom is -0.374 e. The summed E-state index contributed by atoms with van der Waals surface area (Å²) >= 11 is 5.85. The van der Waals surface area contributed by atoms with E-state index in [0.717, 1.165) is 11.5 Å². The maximum absolute atomic E-state index is 5.85. The normalized spacial score (nSPS) is 32.2. The molecule has 0 saturated carbocycles. The van der Waals surface area contributed by atoms with Gasteiger partial charge in [0.1, 0.15) is 17.3 Å². The average molecular weight is 267 g/mol. The fourth-order valence-corrected chi connectivity index (χ4v) is 2.87. The van der Waals surface area contributed by atoms with Crippen molar-refractivity contribution in [2.24, 2.45) is 5.92 Å². The van der Waals surface area contributed by atoms with Crippen LogP contribution < -0.4 is 0 Å². The van der Waals surface area contributed by atoms with E-state index in [9.17, 15) is 0 Å². The Bertz CT molecular complexity index is 584. The lowest BCUT2D eigenvalue weighted by Gasteiger charge is -2.16. The molecule has 1 aliphatic rings. The molecule has 1 aliphatic heterocycles. The van der Waals surface area contributed by atoms with Crippen molar-refractivity contribution in [1.82, 2.24) is 19.6 Å². The molecular formula is C12H15ClN4O. The lowest BCUT2D eigenvalue weighted by molar-refractivity contribution is 0.0553. The highest BCUT2D eigenvalue weighted by Crippen LogP contribution is 2.38. The number of fused-ring (bicyclic) bond motifs is 1. The number of nitrogens with zero attached hydrogens (tertiary/aromatic N) is 4. The third kappa shape index (κ3) is 1.69. The Morgan fingerprint density at radius 3 is 2.67 bits per heavy atom. The summed E-state index contributed by atoms with van der Waals surface area (Å²) in [5.41, 5.74) is 0.726. The van der Waals surface area contributed by atoms with E-state index in [1.165, 1.54) is 0 Å². The van der Waals surface area contributed by atoms with E-state index in [0.29, 0.717) is 11.1 Å². The smallest absolute Gasteiger partial charge is 0.165 e. The van der Waals surface area contributed by atoms with Crippen LogP contribution in [0.5, 0.6) is 0 Å². The van der Waals surface area contributed by atoms with E-state index >= 15 is 0 Å². The summed E-state index contributed by atoms with van der Waals surface area (Å²) in [5.74, 6) is 1.54. The molecule has 6 heteroatoms. The highest BCUT2D eigenvalue weighted by Gasteiger charge is 2.40. The van der Waals surface area contributed by atoms with Gasteiger partial charge in [0.15, 0.2) is 5.65 Å². The maximum atomic E-state index is 5.85. The number of ether oxygens (including phenoxy) is 1. The van der Waals surface area contributed by atoms with E-state index < -0.39 is 0 Å². The third-order valence-electron chi connectivity index (χ3n) is 3.83. The van der Waals surface area contributed by atoms with E-state index in [2.05, 4.69) is 36.0 Å². The van der Waals surface area contributed by atoms with Gasteiger partial charge in [-0.05, 0) is 19.8 Å². The van der Waals surface area contributed by atoms with Crippen LogP contribution in [0, 0.1) is 5.92 Å². The quantitative estimate of drug-likeness (QED) is 0.743. The molecule has 3 rings (SSSR count). The minimum absolute atomic E-state index is 0.137. The highest BCUT2D eigenvalue weighted by atomic mass is 35.5. The summed E-state index contributed by atoms with van der Waals surface area (Å²) < 4.78 is 7.75. The number of rotatable bonds is 1. The van der Waals surface area contributed by atoms with Crippen molar-refractivity contribution in [2.45, 2.75) is 38.9 Å². The van der Waals surface area contributed by atoms with Crippen LogP contribution in [-0.2, 0) is 4.74 Å². The monoisotopic (exact) mass is 266 g/mol. The summed E-state index contributed by atoms with van der Waals surface area (Å²) in [7, 11) is 0. The van der Waals surface area contributed by atoms with Crippen LogP contribution in [0.25, 0.3) is 5.65 Å². The predicted molar refractivity (Wildman–Crippen MR) is 67.7 cm³/mol. The van der Waals surface area contributed by atoms with Gasteiger partial charge < -0.3 is 4.74 Å². The Balaban J connectivity index is 2.09. The largest absolute Gasteiger partial charge is 0.374 e. The lowest BCUT2D eigenvalue weighted by atomic mass is 9.89. The summed E-state index contributed by atoms with van der Waals surface area (Å²) in [4.78, 5) is 4.09. The Kier molecular flexibility index (Phi) is 2.75. The maximum Gasteiger partial charge on any atom is 0.165 e. The van der Waals surface area contributed by atoms with Gasteiger partial charge in [-0.2, -0.15) is 0 Å². The molecule has 4 atom stereocenters. The van der Waals surface area contributed by atoms with Crippen molar-refractivity contribution >= 4 is 17.2 Å². The van der Waals surface area contributed by atoms with Crippen LogP contribution in [0.1, 0.15) is 32.5 Å². The molecule has 0 bridgehead atoms. The summed E-state index contributed by atoms with van der Waals surface area (Å²) in [6, 6.07) is 1.71.